The molecule has 1 N–H and O–H groups in total. The first kappa shape index (κ1) is 18.1. The molecule has 0 saturated carbocycles. The summed E-state index contributed by atoms with van der Waals surface area (Å²) in [7, 11) is 1.57. The van der Waals surface area contributed by atoms with Crippen LogP contribution in [0.2, 0.25) is 0 Å². The van der Waals surface area contributed by atoms with E-state index in [1.807, 2.05) is 30.3 Å². The second-order valence-corrected chi connectivity index (χ2v) is 6.41. The maximum Gasteiger partial charge on any atom is 0.308 e. The quantitative estimate of drug-likeness (QED) is 0.793. The van der Waals surface area contributed by atoms with Crippen molar-refractivity contribution >= 4 is 23.2 Å². The molecule has 1 aromatic carbocycles. The van der Waals surface area contributed by atoms with Crippen LogP contribution in [0.3, 0.4) is 0 Å². The van der Waals surface area contributed by atoms with Crippen LogP contribution in [-0.2, 0) is 22.7 Å². The lowest BCUT2D eigenvalue weighted by Gasteiger charge is -2.24. The predicted octanol–water partition coefficient (Wildman–Crippen LogP) is 2.65. The van der Waals surface area contributed by atoms with Crippen LogP contribution in [0, 0.1) is 5.92 Å². The lowest BCUT2D eigenvalue weighted by molar-refractivity contribution is -0.141. The Labute approximate surface area is 144 Å². The van der Waals surface area contributed by atoms with Gasteiger partial charge < -0.3 is 14.7 Å². The Kier molecular flexibility index (Phi) is 6.45. The summed E-state index contributed by atoms with van der Waals surface area (Å²) >= 11 is 1.35. The second kappa shape index (κ2) is 8.56. The molecule has 0 radical (unpaired) electrons. The van der Waals surface area contributed by atoms with Gasteiger partial charge in [-0.3, -0.25) is 9.59 Å². The van der Waals surface area contributed by atoms with Crippen molar-refractivity contribution in [3.05, 3.63) is 52.0 Å². The molecule has 0 fully saturated rings. The third-order valence-electron chi connectivity index (χ3n) is 3.46. The first-order valence-corrected chi connectivity index (χ1v) is 8.38. The van der Waals surface area contributed by atoms with Crippen molar-refractivity contribution in [1.29, 1.82) is 0 Å². The number of hydrogen-bond donors (Lipinski definition) is 1. The van der Waals surface area contributed by atoms with Crippen molar-refractivity contribution in [1.82, 2.24) is 9.88 Å². The van der Waals surface area contributed by atoms with Crippen molar-refractivity contribution in [3.63, 3.8) is 0 Å². The highest BCUT2D eigenvalue weighted by Crippen LogP contribution is 2.16. The smallest absolute Gasteiger partial charge is 0.308 e. The van der Waals surface area contributed by atoms with Crippen molar-refractivity contribution in [2.45, 2.75) is 20.1 Å². The van der Waals surface area contributed by atoms with Gasteiger partial charge in [-0.1, -0.05) is 37.3 Å². The summed E-state index contributed by atoms with van der Waals surface area (Å²) in [6, 6.07) is 9.48. The van der Waals surface area contributed by atoms with Crippen molar-refractivity contribution in [2.75, 3.05) is 13.7 Å². The molecule has 0 unspecified atom stereocenters. The summed E-state index contributed by atoms with van der Waals surface area (Å²) in [5.74, 6) is -1.86. The van der Waals surface area contributed by atoms with E-state index in [0.717, 1.165) is 5.56 Å². The average molecular weight is 348 g/mol. The van der Waals surface area contributed by atoms with Gasteiger partial charge in [-0.2, -0.15) is 0 Å². The van der Waals surface area contributed by atoms with Crippen LogP contribution < -0.4 is 0 Å². The fraction of sp³-hybridized carbons (Fsp3) is 0.353. The van der Waals surface area contributed by atoms with Crippen LogP contribution in [0.5, 0.6) is 0 Å². The molecule has 0 aliphatic heterocycles. The third kappa shape index (κ3) is 4.87. The van der Waals surface area contributed by atoms with E-state index in [9.17, 15) is 9.59 Å². The van der Waals surface area contributed by atoms with Gasteiger partial charge in [0.05, 0.1) is 12.5 Å². The van der Waals surface area contributed by atoms with Gasteiger partial charge in [0.15, 0.2) is 0 Å². The summed E-state index contributed by atoms with van der Waals surface area (Å²) in [5, 5.41) is 11.6. The lowest BCUT2D eigenvalue weighted by atomic mass is 10.1. The van der Waals surface area contributed by atoms with E-state index in [-0.39, 0.29) is 12.5 Å². The van der Waals surface area contributed by atoms with Crippen LogP contribution in [0.15, 0.2) is 35.7 Å². The SMILES string of the molecule is COCc1nc(C(=O)N(Cc2ccccc2)C[C@H](C)C(=O)O)cs1. The molecule has 1 aromatic heterocycles. The Hall–Kier alpha value is -2.25. The molecule has 2 rings (SSSR count). The van der Waals surface area contributed by atoms with Gasteiger partial charge in [0, 0.05) is 25.6 Å². The molecule has 0 aliphatic rings. The number of ether oxygens (including phenoxy) is 1. The number of aromatic nitrogens is 1. The summed E-state index contributed by atoms with van der Waals surface area (Å²) in [6.07, 6.45) is 0. The maximum absolute atomic E-state index is 12.8. The zero-order valence-corrected chi connectivity index (χ0v) is 14.5. The normalized spacial score (nSPS) is 11.9. The third-order valence-corrected chi connectivity index (χ3v) is 4.28. The molecule has 1 atom stereocenters. The number of carboxylic acids is 1. The number of amides is 1. The summed E-state index contributed by atoms with van der Waals surface area (Å²) < 4.78 is 5.02. The van der Waals surface area contributed by atoms with Crippen LogP contribution in [0.4, 0.5) is 0 Å². The summed E-state index contributed by atoms with van der Waals surface area (Å²) in [6.45, 7) is 2.40. The average Bonchev–Trinajstić information content (AvgIpc) is 3.03. The number of rotatable bonds is 8. The van der Waals surface area contributed by atoms with E-state index >= 15 is 0 Å². The monoisotopic (exact) mass is 348 g/mol. The molecule has 0 spiro atoms. The first-order valence-electron chi connectivity index (χ1n) is 7.50. The number of carboxylic acid groups (broad SMARTS) is 1. The zero-order chi connectivity index (χ0) is 17.5. The second-order valence-electron chi connectivity index (χ2n) is 5.47. The maximum atomic E-state index is 12.8. The van der Waals surface area contributed by atoms with E-state index in [0.29, 0.717) is 23.9 Å². The van der Waals surface area contributed by atoms with Gasteiger partial charge in [0.25, 0.3) is 5.91 Å². The number of hydrogen-bond acceptors (Lipinski definition) is 5. The first-order chi connectivity index (χ1) is 11.5. The zero-order valence-electron chi connectivity index (χ0n) is 13.6. The summed E-state index contributed by atoms with van der Waals surface area (Å²) in [5.41, 5.74) is 1.26. The van der Waals surface area contributed by atoms with Crippen molar-refractivity contribution in [3.8, 4) is 0 Å². The fourth-order valence-corrected chi connectivity index (χ4v) is 2.93. The van der Waals surface area contributed by atoms with Gasteiger partial charge in [0.1, 0.15) is 10.7 Å². The van der Waals surface area contributed by atoms with Crippen LogP contribution in [-0.4, -0.2) is 40.5 Å². The molecule has 1 amide bonds. The molecule has 0 aliphatic carbocycles. The summed E-state index contributed by atoms with van der Waals surface area (Å²) in [4.78, 5) is 29.7. The van der Waals surface area contributed by atoms with Crippen molar-refractivity contribution < 1.29 is 19.4 Å². The number of carbonyl (C=O) groups excluding carboxylic acids is 1. The molecule has 0 saturated heterocycles. The fourth-order valence-electron chi connectivity index (χ4n) is 2.19. The highest BCUT2D eigenvalue weighted by atomic mass is 32.1. The molecule has 2 aromatic rings. The molecule has 1 heterocycles. The van der Waals surface area contributed by atoms with Gasteiger partial charge in [-0.05, 0) is 5.56 Å². The van der Waals surface area contributed by atoms with Gasteiger partial charge >= 0.3 is 5.97 Å². The Balaban J connectivity index is 2.19. The van der Waals surface area contributed by atoms with Crippen molar-refractivity contribution in [2.24, 2.45) is 5.92 Å². The van der Waals surface area contributed by atoms with Gasteiger partial charge in [0.2, 0.25) is 0 Å². The Bertz CT molecular complexity index is 687. The number of methoxy groups -OCH3 is 1. The molecule has 7 heteroatoms. The van der Waals surface area contributed by atoms with Crippen LogP contribution in [0.1, 0.15) is 28.0 Å². The van der Waals surface area contributed by atoms with E-state index in [1.54, 1.807) is 19.4 Å². The number of carbonyl (C=O) groups is 2. The van der Waals surface area contributed by atoms with E-state index in [2.05, 4.69) is 4.98 Å². The Morgan fingerprint density at radius 1 is 1.33 bits per heavy atom. The van der Waals surface area contributed by atoms with Crippen LogP contribution in [0.25, 0.3) is 0 Å². The number of aliphatic carboxylic acids is 1. The Morgan fingerprint density at radius 2 is 2.04 bits per heavy atom. The van der Waals surface area contributed by atoms with E-state index < -0.39 is 11.9 Å². The topological polar surface area (TPSA) is 79.7 Å². The number of nitrogens with zero attached hydrogens (tertiary/aromatic N) is 2. The minimum Gasteiger partial charge on any atom is -0.481 e. The standard InChI is InChI=1S/C17H20N2O4S/c1-12(17(21)22)8-19(9-13-6-4-3-5-7-13)16(20)14-11-24-15(18-14)10-23-2/h3-7,11-12H,8-10H2,1-2H3,(H,21,22)/t12-/m0/s1. The number of thiazole rings is 1. The molecule has 0 bridgehead atoms. The molecular weight excluding hydrogens is 328 g/mol. The Morgan fingerprint density at radius 3 is 2.67 bits per heavy atom. The van der Waals surface area contributed by atoms with E-state index in [1.165, 1.54) is 16.2 Å². The molecule has 24 heavy (non-hydrogen) atoms. The molecular formula is C17H20N2O4S. The van der Waals surface area contributed by atoms with Gasteiger partial charge in [-0.25, -0.2) is 4.98 Å². The molecule has 128 valence electrons. The minimum atomic E-state index is -0.931. The lowest BCUT2D eigenvalue weighted by Crippen LogP contribution is -2.36. The molecule has 6 nitrogen and oxygen atoms in total. The highest BCUT2D eigenvalue weighted by molar-refractivity contribution is 7.09. The largest absolute Gasteiger partial charge is 0.481 e. The minimum absolute atomic E-state index is 0.125. The van der Waals surface area contributed by atoms with Gasteiger partial charge in [-0.15, -0.1) is 11.3 Å². The predicted molar refractivity (Wildman–Crippen MR) is 90.8 cm³/mol. The van der Waals surface area contributed by atoms with E-state index in [4.69, 9.17) is 9.84 Å². The highest BCUT2D eigenvalue weighted by Gasteiger charge is 2.23. The number of benzene rings is 1. The van der Waals surface area contributed by atoms with Crippen LogP contribution >= 0.6 is 11.3 Å².